The van der Waals surface area contributed by atoms with Crippen LogP contribution in [0.3, 0.4) is 0 Å². The monoisotopic (exact) mass is 346 g/mol. The van der Waals surface area contributed by atoms with Crippen molar-refractivity contribution in [3.8, 4) is 5.75 Å². The Labute approximate surface area is 148 Å². The molecule has 0 bridgehead atoms. The number of aliphatic hydroxyl groups excluding tert-OH is 1. The summed E-state index contributed by atoms with van der Waals surface area (Å²) < 4.78 is 5.59. The molecule has 2 saturated heterocycles. The second-order valence-electron chi connectivity index (χ2n) is 6.59. The van der Waals surface area contributed by atoms with Crippen molar-refractivity contribution in [3.05, 3.63) is 24.3 Å². The number of likely N-dealkylation sites (tertiary alicyclic amines) is 1. The molecular formula is C19H26N2O4. The molecule has 2 amide bonds. The van der Waals surface area contributed by atoms with Gasteiger partial charge in [0.1, 0.15) is 5.75 Å². The molecule has 1 N–H and O–H groups in total. The molecule has 25 heavy (non-hydrogen) atoms. The molecule has 0 radical (unpaired) electrons. The molecule has 0 saturated carbocycles. The van der Waals surface area contributed by atoms with Gasteiger partial charge in [-0.05, 0) is 44.9 Å². The first-order chi connectivity index (χ1) is 12.2. The summed E-state index contributed by atoms with van der Waals surface area (Å²) in [6.45, 7) is 3.25. The van der Waals surface area contributed by atoms with Gasteiger partial charge in [-0.25, -0.2) is 4.90 Å². The lowest BCUT2D eigenvalue weighted by Crippen LogP contribution is -2.50. The first-order valence-electron chi connectivity index (χ1n) is 9.12. The van der Waals surface area contributed by atoms with Gasteiger partial charge in [0.2, 0.25) is 5.91 Å². The Balaban J connectivity index is 1.85. The average Bonchev–Trinajstić information content (AvgIpc) is 2.91. The molecule has 6 nitrogen and oxygen atoms in total. The van der Waals surface area contributed by atoms with Crippen molar-refractivity contribution in [3.63, 3.8) is 0 Å². The van der Waals surface area contributed by atoms with Gasteiger partial charge in [0, 0.05) is 12.6 Å². The smallest absolute Gasteiger partial charge is 0.251 e. The van der Waals surface area contributed by atoms with E-state index in [0.717, 1.165) is 25.8 Å². The molecular weight excluding hydrogens is 320 g/mol. The summed E-state index contributed by atoms with van der Waals surface area (Å²) in [6, 6.07) is 6.91. The van der Waals surface area contributed by atoms with E-state index in [1.54, 1.807) is 18.2 Å². The van der Waals surface area contributed by atoms with Crippen LogP contribution in [-0.2, 0) is 9.59 Å². The van der Waals surface area contributed by atoms with E-state index >= 15 is 0 Å². The third-order valence-corrected chi connectivity index (χ3v) is 5.06. The molecule has 2 fully saturated rings. The van der Waals surface area contributed by atoms with Gasteiger partial charge in [0.15, 0.2) is 0 Å². The van der Waals surface area contributed by atoms with Gasteiger partial charge in [-0.1, -0.05) is 18.6 Å². The Bertz CT molecular complexity index is 632. The molecule has 0 aromatic heterocycles. The molecule has 136 valence electrons. The minimum Gasteiger partial charge on any atom is -0.492 e. The van der Waals surface area contributed by atoms with E-state index in [9.17, 15) is 14.7 Å². The van der Waals surface area contributed by atoms with Crippen molar-refractivity contribution in [1.29, 1.82) is 0 Å². The number of hydrogen-bond acceptors (Lipinski definition) is 5. The standard InChI is InChI=1S/C19H26N2O4/c1-2-25-17-9-4-3-8-15(17)21-18(23)13-16(19(21)24)20-11-6-5-7-14(20)10-12-22/h3-4,8-9,14,16,22H,2,5-7,10-13H2,1H3/t14-,16-/m0/s1. The van der Waals surface area contributed by atoms with Crippen LogP contribution in [0, 0.1) is 0 Å². The van der Waals surface area contributed by atoms with Crippen molar-refractivity contribution < 1.29 is 19.4 Å². The summed E-state index contributed by atoms with van der Waals surface area (Å²) in [5, 5.41) is 9.32. The number of nitrogens with zero attached hydrogens (tertiary/aromatic N) is 2. The number of rotatable bonds is 6. The Kier molecular flexibility index (Phi) is 5.71. The minimum absolute atomic E-state index is 0.104. The average molecular weight is 346 g/mol. The molecule has 2 atom stereocenters. The highest BCUT2D eigenvalue weighted by molar-refractivity contribution is 6.23. The summed E-state index contributed by atoms with van der Waals surface area (Å²) in [5.74, 6) is 0.190. The summed E-state index contributed by atoms with van der Waals surface area (Å²) in [7, 11) is 0. The maximum Gasteiger partial charge on any atom is 0.251 e. The Morgan fingerprint density at radius 1 is 1.24 bits per heavy atom. The van der Waals surface area contributed by atoms with Crippen LogP contribution in [-0.4, -0.2) is 53.7 Å². The van der Waals surface area contributed by atoms with Crippen LogP contribution in [0.1, 0.15) is 39.0 Å². The van der Waals surface area contributed by atoms with E-state index in [1.807, 2.05) is 13.0 Å². The third kappa shape index (κ3) is 3.55. The molecule has 2 aliphatic heterocycles. The van der Waals surface area contributed by atoms with Gasteiger partial charge in [-0.15, -0.1) is 0 Å². The van der Waals surface area contributed by atoms with Crippen LogP contribution in [0.4, 0.5) is 5.69 Å². The fraction of sp³-hybridized carbons (Fsp3) is 0.579. The van der Waals surface area contributed by atoms with E-state index < -0.39 is 6.04 Å². The fourth-order valence-electron chi connectivity index (χ4n) is 3.94. The zero-order chi connectivity index (χ0) is 17.8. The number of imide groups is 1. The largest absolute Gasteiger partial charge is 0.492 e. The topological polar surface area (TPSA) is 70.1 Å². The number of carbonyl (C=O) groups is 2. The van der Waals surface area contributed by atoms with Gasteiger partial charge in [-0.2, -0.15) is 0 Å². The molecule has 1 aromatic rings. The summed E-state index contributed by atoms with van der Waals surface area (Å²) >= 11 is 0. The Morgan fingerprint density at radius 2 is 2.04 bits per heavy atom. The fourth-order valence-corrected chi connectivity index (χ4v) is 3.94. The highest BCUT2D eigenvalue weighted by Gasteiger charge is 2.45. The quantitative estimate of drug-likeness (QED) is 0.798. The number of anilines is 1. The maximum atomic E-state index is 13.1. The van der Waals surface area contributed by atoms with Crippen LogP contribution < -0.4 is 9.64 Å². The highest BCUT2D eigenvalue weighted by Crippen LogP contribution is 2.35. The number of amides is 2. The number of para-hydroxylation sites is 2. The zero-order valence-electron chi connectivity index (χ0n) is 14.7. The third-order valence-electron chi connectivity index (χ3n) is 5.06. The van der Waals surface area contributed by atoms with Crippen molar-refractivity contribution in [1.82, 2.24) is 4.90 Å². The summed E-state index contributed by atoms with van der Waals surface area (Å²) in [5.41, 5.74) is 0.526. The predicted molar refractivity (Wildman–Crippen MR) is 94.6 cm³/mol. The molecule has 6 heteroatoms. The molecule has 0 spiro atoms. The van der Waals surface area contributed by atoms with Gasteiger partial charge >= 0.3 is 0 Å². The van der Waals surface area contributed by atoms with Crippen LogP contribution >= 0.6 is 0 Å². The maximum absolute atomic E-state index is 13.1. The number of aliphatic hydroxyl groups is 1. The van der Waals surface area contributed by atoms with Crippen molar-refractivity contribution >= 4 is 17.5 Å². The zero-order valence-corrected chi connectivity index (χ0v) is 14.7. The van der Waals surface area contributed by atoms with E-state index in [2.05, 4.69) is 4.90 Å². The number of benzene rings is 1. The number of hydrogen-bond donors (Lipinski definition) is 1. The number of ether oxygens (including phenoxy) is 1. The van der Waals surface area contributed by atoms with Crippen LogP contribution in [0.25, 0.3) is 0 Å². The van der Waals surface area contributed by atoms with Gasteiger partial charge in [-0.3, -0.25) is 14.5 Å². The lowest BCUT2D eigenvalue weighted by Gasteiger charge is -2.38. The van der Waals surface area contributed by atoms with Gasteiger partial charge in [0.25, 0.3) is 5.91 Å². The molecule has 0 aliphatic carbocycles. The van der Waals surface area contributed by atoms with E-state index in [4.69, 9.17) is 4.74 Å². The van der Waals surface area contributed by atoms with E-state index in [0.29, 0.717) is 24.5 Å². The van der Waals surface area contributed by atoms with Gasteiger partial charge in [0.05, 0.1) is 24.8 Å². The summed E-state index contributed by atoms with van der Waals surface area (Å²) in [4.78, 5) is 29.1. The van der Waals surface area contributed by atoms with Crippen molar-refractivity contribution in [2.45, 2.75) is 51.1 Å². The van der Waals surface area contributed by atoms with Crippen LogP contribution in [0.5, 0.6) is 5.75 Å². The molecule has 2 aliphatic rings. The van der Waals surface area contributed by atoms with Crippen molar-refractivity contribution in [2.24, 2.45) is 0 Å². The predicted octanol–water partition coefficient (Wildman–Crippen LogP) is 1.95. The number of piperidine rings is 1. The lowest BCUT2D eigenvalue weighted by atomic mass is 9.97. The normalized spacial score (nSPS) is 24.8. The van der Waals surface area contributed by atoms with Gasteiger partial charge < -0.3 is 9.84 Å². The second kappa shape index (κ2) is 7.97. The highest BCUT2D eigenvalue weighted by atomic mass is 16.5. The number of carbonyl (C=O) groups excluding carboxylic acids is 2. The van der Waals surface area contributed by atoms with Crippen LogP contribution in [0.2, 0.25) is 0 Å². The molecule has 2 heterocycles. The molecule has 3 rings (SSSR count). The molecule has 0 unspecified atom stereocenters. The van der Waals surface area contributed by atoms with E-state index in [1.165, 1.54) is 4.90 Å². The second-order valence-corrected chi connectivity index (χ2v) is 6.59. The Hall–Kier alpha value is -1.92. The SMILES string of the molecule is CCOc1ccccc1N1C(=O)C[C@H](N2CCCC[C@H]2CCO)C1=O. The van der Waals surface area contributed by atoms with E-state index in [-0.39, 0.29) is 30.9 Å². The Morgan fingerprint density at radius 3 is 2.80 bits per heavy atom. The molecule has 1 aromatic carbocycles. The summed E-state index contributed by atoms with van der Waals surface area (Å²) in [6.07, 6.45) is 3.94. The van der Waals surface area contributed by atoms with Crippen molar-refractivity contribution in [2.75, 3.05) is 24.7 Å². The lowest BCUT2D eigenvalue weighted by molar-refractivity contribution is -0.124. The first kappa shape index (κ1) is 17.9. The minimum atomic E-state index is -0.431. The first-order valence-corrected chi connectivity index (χ1v) is 9.12. The van der Waals surface area contributed by atoms with Crippen LogP contribution in [0.15, 0.2) is 24.3 Å².